The van der Waals surface area contributed by atoms with Crippen LogP contribution in [0.1, 0.15) is 15.4 Å². The van der Waals surface area contributed by atoms with Crippen molar-refractivity contribution in [3.05, 3.63) is 76.9 Å². The molecule has 0 aliphatic carbocycles. The van der Waals surface area contributed by atoms with Gasteiger partial charge in [0.15, 0.2) is 5.69 Å². The summed E-state index contributed by atoms with van der Waals surface area (Å²) in [5.41, 5.74) is 2.39. The number of hydrogen-bond donors (Lipinski definition) is 1. The molecule has 0 fully saturated rings. The van der Waals surface area contributed by atoms with Crippen molar-refractivity contribution in [3.8, 4) is 22.7 Å². The molecule has 1 aromatic carbocycles. The number of nitrogens with one attached hydrogen (secondary N) is 1. The van der Waals surface area contributed by atoms with Crippen LogP contribution in [0.15, 0.2) is 66.3 Å². The molecular formula is C20H17N5O2S. The van der Waals surface area contributed by atoms with Crippen LogP contribution >= 0.6 is 11.3 Å². The standard InChI is InChI=1S/C20H17N5O2S/c1-27-16-5-2-4-15(12-16)25-19(14-7-9-21-10-8-14)18(23-24-25)20(26)22-13-17-6-3-11-28-17/h2-12H,13H2,1H3,(H,22,26). The van der Waals surface area contributed by atoms with Crippen LogP contribution in [-0.4, -0.2) is 33.0 Å². The van der Waals surface area contributed by atoms with E-state index in [-0.39, 0.29) is 11.6 Å². The van der Waals surface area contributed by atoms with Crippen LogP contribution in [0.25, 0.3) is 16.9 Å². The molecule has 3 aromatic heterocycles. The van der Waals surface area contributed by atoms with Crippen molar-refractivity contribution in [3.63, 3.8) is 0 Å². The molecule has 0 unspecified atom stereocenters. The van der Waals surface area contributed by atoms with Crippen molar-refractivity contribution in [1.29, 1.82) is 0 Å². The molecule has 0 aliphatic rings. The lowest BCUT2D eigenvalue weighted by Crippen LogP contribution is -2.23. The molecular weight excluding hydrogens is 374 g/mol. The quantitative estimate of drug-likeness (QED) is 0.545. The topological polar surface area (TPSA) is 81.9 Å². The van der Waals surface area contributed by atoms with Crippen molar-refractivity contribution in [2.24, 2.45) is 0 Å². The summed E-state index contributed by atoms with van der Waals surface area (Å²) in [6.45, 7) is 0.443. The van der Waals surface area contributed by atoms with Gasteiger partial charge in [0.05, 0.1) is 19.3 Å². The minimum atomic E-state index is -0.283. The highest BCUT2D eigenvalue weighted by Crippen LogP contribution is 2.26. The van der Waals surface area contributed by atoms with Crippen molar-refractivity contribution < 1.29 is 9.53 Å². The molecule has 0 bridgehead atoms. The lowest BCUT2D eigenvalue weighted by Gasteiger charge is -2.09. The van der Waals surface area contributed by atoms with Crippen LogP contribution in [0.4, 0.5) is 0 Å². The smallest absolute Gasteiger partial charge is 0.274 e. The van der Waals surface area contributed by atoms with Crippen molar-refractivity contribution in [2.75, 3.05) is 7.11 Å². The number of amides is 1. The van der Waals surface area contributed by atoms with Gasteiger partial charge < -0.3 is 10.1 Å². The van der Waals surface area contributed by atoms with Gasteiger partial charge in [-0.2, -0.15) is 0 Å². The number of carbonyl (C=O) groups excluding carboxylic acids is 1. The molecule has 0 radical (unpaired) electrons. The first-order valence-electron chi connectivity index (χ1n) is 8.57. The van der Waals surface area contributed by atoms with Gasteiger partial charge in [0.25, 0.3) is 5.91 Å². The Hall–Kier alpha value is -3.52. The Balaban J connectivity index is 1.74. The number of methoxy groups -OCH3 is 1. The Morgan fingerprint density at radius 2 is 2.04 bits per heavy atom. The number of hydrogen-bond acceptors (Lipinski definition) is 6. The van der Waals surface area contributed by atoms with Gasteiger partial charge in [-0.15, -0.1) is 16.4 Å². The Labute approximate surface area is 165 Å². The highest BCUT2D eigenvalue weighted by atomic mass is 32.1. The SMILES string of the molecule is COc1cccc(-n2nnc(C(=O)NCc3cccs3)c2-c2ccncc2)c1. The van der Waals surface area contributed by atoms with Gasteiger partial charge in [-0.1, -0.05) is 17.3 Å². The highest BCUT2D eigenvalue weighted by molar-refractivity contribution is 7.09. The lowest BCUT2D eigenvalue weighted by molar-refractivity contribution is 0.0947. The second-order valence-electron chi connectivity index (χ2n) is 5.90. The van der Waals surface area contributed by atoms with E-state index in [1.54, 1.807) is 35.5 Å². The molecule has 4 aromatic rings. The summed E-state index contributed by atoms with van der Waals surface area (Å²) in [5.74, 6) is 0.409. The Bertz CT molecular complexity index is 1080. The number of rotatable bonds is 6. The van der Waals surface area contributed by atoms with Crippen LogP contribution in [0, 0.1) is 0 Å². The largest absolute Gasteiger partial charge is 0.497 e. The van der Waals surface area contributed by atoms with E-state index in [4.69, 9.17) is 4.74 Å². The summed E-state index contributed by atoms with van der Waals surface area (Å²) in [6.07, 6.45) is 3.34. The maximum atomic E-state index is 12.8. The summed E-state index contributed by atoms with van der Waals surface area (Å²) >= 11 is 1.59. The molecule has 7 nitrogen and oxygen atoms in total. The van der Waals surface area contributed by atoms with Crippen molar-refractivity contribution in [1.82, 2.24) is 25.3 Å². The van der Waals surface area contributed by atoms with Gasteiger partial charge in [0, 0.05) is 28.9 Å². The average Bonchev–Trinajstić information content (AvgIpc) is 3.42. The summed E-state index contributed by atoms with van der Waals surface area (Å²) in [5, 5.41) is 13.3. The summed E-state index contributed by atoms with van der Waals surface area (Å²) in [7, 11) is 1.60. The van der Waals surface area contributed by atoms with Crippen LogP contribution in [0.3, 0.4) is 0 Å². The minimum Gasteiger partial charge on any atom is -0.497 e. The fraction of sp³-hybridized carbons (Fsp3) is 0.100. The van der Waals surface area contributed by atoms with E-state index < -0.39 is 0 Å². The van der Waals surface area contributed by atoms with Crippen LogP contribution in [0.5, 0.6) is 5.75 Å². The summed E-state index contributed by atoms with van der Waals surface area (Å²) in [6, 6.07) is 15.0. The second-order valence-corrected chi connectivity index (χ2v) is 6.93. The molecule has 4 rings (SSSR count). The maximum absolute atomic E-state index is 12.8. The van der Waals surface area contributed by atoms with E-state index in [1.807, 2.05) is 53.9 Å². The predicted octanol–water partition coefficient (Wildman–Crippen LogP) is 3.33. The van der Waals surface area contributed by atoms with E-state index in [9.17, 15) is 4.79 Å². The molecule has 1 amide bonds. The molecule has 140 valence electrons. The zero-order valence-corrected chi connectivity index (χ0v) is 15.9. The van der Waals surface area contributed by atoms with E-state index in [2.05, 4.69) is 20.6 Å². The van der Waals surface area contributed by atoms with Crippen molar-refractivity contribution in [2.45, 2.75) is 6.54 Å². The summed E-state index contributed by atoms with van der Waals surface area (Å²) < 4.78 is 6.94. The third kappa shape index (κ3) is 3.63. The minimum absolute atomic E-state index is 0.255. The molecule has 28 heavy (non-hydrogen) atoms. The second kappa shape index (κ2) is 8.01. The molecule has 0 atom stereocenters. The van der Waals surface area contributed by atoms with E-state index in [0.29, 0.717) is 18.0 Å². The number of aromatic nitrogens is 4. The molecule has 0 saturated carbocycles. The number of thiophene rings is 1. The molecule has 0 aliphatic heterocycles. The zero-order chi connectivity index (χ0) is 19.3. The van der Waals surface area contributed by atoms with Gasteiger partial charge >= 0.3 is 0 Å². The molecule has 0 saturated heterocycles. The third-order valence-corrected chi connectivity index (χ3v) is 5.02. The van der Waals surface area contributed by atoms with E-state index >= 15 is 0 Å². The molecule has 1 N–H and O–H groups in total. The van der Waals surface area contributed by atoms with Gasteiger partial charge in [0.2, 0.25) is 0 Å². The molecule has 0 spiro atoms. The summed E-state index contributed by atoms with van der Waals surface area (Å²) in [4.78, 5) is 18.0. The lowest BCUT2D eigenvalue weighted by atomic mass is 10.1. The fourth-order valence-electron chi connectivity index (χ4n) is 2.79. The maximum Gasteiger partial charge on any atom is 0.274 e. The van der Waals surface area contributed by atoms with Gasteiger partial charge in [-0.05, 0) is 35.7 Å². The van der Waals surface area contributed by atoms with Gasteiger partial charge in [-0.3, -0.25) is 9.78 Å². The van der Waals surface area contributed by atoms with E-state index in [0.717, 1.165) is 16.1 Å². The van der Waals surface area contributed by atoms with Crippen molar-refractivity contribution >= 4 is 17.2 Å². The number of ether oxygens (including phenoxy) is 1. The number of pyridine rings is 1. The first-order valence-corrected chi connectivity index (χ1v) is 9.45. The monoisotopic (exact) mass is 391 g/mol. The third-order valence-electron chi connectivity index (χ3n) is 4.14. The van der Waals surface area contributed by atoms with Crippen LogP contribution in [0.2, 0.25) is 0 Å². The Morgan fingerprint density at radius 1 is 1.18 bits per heavy atom. The number of benzene rings is 1. The Kier molecular flexibility index (Phi) is 5.11. The van der Waals surface area contributed by atoms with Crippen LogP contribution in [-0.2, 0) is 6.54 Å². The number of nitrogens with zero attached hydrogens (tertiary/aromatic N) is 4. The Morgan fingerprint density at radius 3 is 2.79 bits per heavy atom. The normalized spacial score (nSPS) is 10.6. The number of carbonyl (C=O) groups is 1. The first-order chi connectivity index (χ1) is 13.8. The predicted molar refractivity (Wildman–Crippen MR) is 107 cm³/mol. The zero-order valence-electron chi connectivity index (χ0n) is 15.1. The van der Waals surface area contributed by atoms with Crippen LogP contribution < -0.4 is 10.1 Å². The van der Waals surface area contributed by atoms with Gasteiger partial charge in [0.1, 0.15) is 11.4 Å². The van der Waals surface area contributed by atoms with Gasteiger partial charge in [-0.25, -0.2) is 4.68 Å². The fourth-order valence-corrected chi connectivity index (χ4v) is 3.44. The molecule has 8 heteroatoms. The molecule has 3 heterocycles. The highest BCUT2D eigenvalue weighted by Gasteiger charge is 2.22. The first kappa shape index (κ1) is 17.9. The average molecular weight is 391 g/mol. The van der Waals surface area contributed by atoms with E-state index in [1.165, 1.54) is 0 Å².